The molecular weight excluding hydrogens is 348 g/mol. The molecule has 3 saturated carbocycles. The first kappa shape index (κ1) is 17.8. The second kappa shape index (κ2) is 5.71. The number of carbonyl (C=O) groups excluding carboxylic acids is 3. The van der Waals surface area contributed by atoms with Gasteiger partial charge in [-0.05, 0) is 36.3 Å². The van der Waals surface area contributed by atoms with E-state index in [1.165, 1.54) is 6.07 Å². The average molecular weight is 370 g/mol. The van der Waals surface area contributed by atoms with Crippen molar-refractivity contribution >= 4 is 29.0 Å². The third kappa shape index (κ3) is 2.51. The summed E-state index contributed by atoms with van der Waals surface area (Å²) >= 11 is 0. The number of ketones is 1. The minimum atomic E-state index is -0.598. The van der Waals surface area contributed by atoms with E-state index in [1.54, 1.807) is 12.1 Å². The van der Waals surface area contributed by atoms with Crippen molar-refractivity contribution in [1.29, 1.82) is 0 Å². The number of imide groups is 1. The SMILES string of the molecule is CC(C)(C)c1ccc(N2C(=O)[C@@H]3[C@H]4CC[C@H](C(=O)C4)[C@@H]3C2=O)cc1[N+](=O)[O-]. The molecule has 0 N–H and O–H groups in total. The van der Waals surface area contributed by atoms with E-state index in [-0.39, 0.29) is 40.8 Å². The summed E-state index contributed by atoms with van der Waals surface area (Å²) in [6.07, 6.45) is 1.80. The lowest BCUT2D eigenvalue weighted by Gasteiger charge is -2.41. The van der Waals surface area contributed by atoms with Crippen molar-refractivity contribution in [1.82, 2.24) is 0 Å². The molecule has 142 valence electrons. The number of Topliss-reactive ketones (excluding diaryl/α,β-unsaturated/α-hetero) is 1. The van der Waals surface area contributed by atoms with Crippen molar-refractivity contribution in [2.45, 2.75) is 45.4 Å². The van der Waals surface area contributed by atoms with Gasteiger partial charge in [-0.25, -0.2) is 4.90 Å². The topological polar surface area (TPSA) is 97.6 Å². The quantitative estimate of drug-likeness (QED) is 0.453. The number of carbonyl (C=O) groups is 3. The molecule has 1 saturated heterocycles. The van der Waals surface area contributed by atoms with Gasteiger partial charge in [0.2, 0.25) is 11.8 Å². The first-order valence-electron chi connectivity index (χ1n) is 9.30. The summed E-state index contributed by atoms with van der Waals surface area (Å²) in [5.41, 5.74) is 0.225. The molecule has 27 heavy (non-hydrogen) atoms. The van der Waals surface area contributed by atoms with E-state index >= 15 is 0 Å². The van der Waals surface area contributed by atoms with Crippen molar-refractivity contribution in [3.63, 3.8) is 0 Å². The molecule has 4 aliphatic rings. The fraction of sp³-hybridized carbons (Fsp3) is 0.550. The van der Waals surface area contributed by atoms with Crippen LogP contribution in [0.2, 0.25) is 0 Å². The van der Waals surface area contributed by atoms with E-state index in [9.17, 15) is 24.5 Å². The van der Waals surface area contributed by atoms with Gasteiger partial charge in [-0.2, -0.15) is 0 Å². The molecule has 2 amide bonds. The Kier molecular flexibility index (Phi) is 3.77. The van der Waals surface area contributed by atoms with Crippen LogP contribution < -0.4 is 4.90 Å². The maximum atomic E-state index is 13.0. The van der Waals surface area contributed by atoms with Gasteiger partial charge in [0.05, 0.1) is 22.4 Å². The summed E-state index contributed by atoms with van der Waals surface area (Å²) in [6, 6.07) is 4.54. The zero-order chi connectivity index (χ0) is 19.7. The number of nitro groups is 1. The van der Waals surface area contributed by atoms with Crippen molar-refractivity contribution < 1.29 is 19.3 Å². The molecule has 4 atom stereocenters. The largest absolute Gasteiger partial charge is 0.299 e. The van der Waals surface area contributed by atoms with Crippen LogP contribution in [-0.2, 0) is 19.8 Å². The van der Waals surface area contributed by atoms with Crippen LogP contribution in [-0.4, -0.2) is 22.5 Å². The molecule has 5 rings (SSSR count). The number of anilines is 1. The number of hydrogen-bond donors (Lipinski definition) is 0. The van der Waals surface area contributed by atoms with Gasteiger partial charge in [-0.3, -0.25) is 24.5 Å². The number of hydrogen-bond acceptors (Lipinski definition) is 5. The lowest BCUT2D eigenvalue weighted by Crippen LogP contribution is -2.46. The highest BCUT2D eigenvalue weighted by atomic mass is 16.6. The summed E-state index contributed by atoms with van der Waals surface area (Å²) in [6.45, 7) is 5.62. The lowest BCUT2D eigenvalue weighted by atomic mass is 9.59. The first-order valence-corrected chi connectivity index (χ1v) is 9.30. The Balaban J connectivity index is 1.77. The minimum Gasteiger partial charge on any atom is -0.299 e. The molecular formula is C20H22N2O5. The third-order valence-corrected chi connectivity index (χ3v) is 6.31. The highest BCUT2D eigenvalue weighted by molar-refractivity contribution is 6.23. The summed E-state index contributed by atoms with van der Waals surface area (Å²) in [4.78, 5) is 50.5. The van der Waals surface area contributed by atoms with Crippen LogP contribution in [0, 0.1) is 33.8 Å². The molecule has 1 heterocycles. The van der Waals surface area contributed by atoms with E-state index in [0.717, 1.165) is 11.3 Å². The molecule has 0 unspecified atom stereocenters. The van der Waals surface area contributed by atoms with E-state index in [0.29, 0.717) is 18.4 Å². The zero-order valence-electron chi connectivity index (χ0n) is 15.6. The van der Waals surface area contributed by atoms with Gasteiger partial charge in [0.1, 0.15) is 5.78 Å². The predicted molar refractivity (Wildman–Crippen MR) is 97.1 cm³/mol. The van der Waals surface area contributed by atoms with Gasteiger partial charge in [0.25, 0.3) is 5.69 Å². The molecule has 3 aliphatic carbocycles. The highest BCUT2D eigenvalue weighted by Crippen LogP contribution is 2.52. The molecule has 0 spiro atoms. The Hall–Kier alpha value is -2.57. The van der Waals surface area contributed by atoms with Crippen LogP contribution in [0.5, 0.6) is 0 Å². The Morgan fingerprint density at radius 1 is 1.07 bits per heavy atom. The molecule has 1 aliphatic heterocycles. The van der Waals surface area contributed by atoms with Crippen LogP contribution >= 0.6 is 0 Å². The van der Waals surface area contributed by atoms with Crippen molar-refractivity contribution in [3.05, 3.63) is 33.9 Å². The normalized spacial score (nSPS) is 30.0. The molecule has 0 aromatic heterocycles. The number of fused-ring (bicyclic) bond motifs is 2. The molecule has 0 radical (unpaired) electrons. The van der Waals surface area contributed by atoms with Crippen molar-refractivity contribution in [3.8, 4) is 0 Å². The fourth-order valence-corrected chi connectivity index (χ4v) is 5.08. The molecule has 2 bridgehead atoms. The molecule has 1 aromatic rings. The Labute approximate surface area is 156 Å². The smallest absolute Gasteiger partial charge is 0.275 e. The number of nitro benzene ring substituents is 1. The average Bonchev–Trinajstić information content (AvgIpc) is 2.87. The molecule has 7 nitrogen and oxygen atoms in total. The summed E-state index contributed by atoms with van der Waals surface area (Å²) in [5.74, 6) is -2.16. The van der Waals surface area contributed by atoms with Crippen LogP contribution in [0.1, 0.15) is 45.6 Å². The van der Waals surface area contributed by atoms with Gasteiger partial charge < -0.3 is 0 Å². The summed E-state index contributed by atoms with van der Waals surface area (Å²) in [7, 11) is 0. The Bertz CT molecular complexity index is 885. The number of benzene rings is 1. The van der Waals surface area contributed by atoms with E-state index in [2.05, 4.69) is 0 Å². The molecule has 7 heteroatoms. The van der Waals surface area contributed by atoms with E-state index in [4.69, 9.17) is 0 Å². The monoisotopic (exact) mass is 370 g/mol. The number of nitrogens with zero attached hydrogens (tertiary/aromatic N) is 2. The maximum absolute atomic E-state index is 13.0. The van der Waals surface area contributed by atoms with Crippen LogP contribution in [0.15, 0.2) is 18.2 Å². The minimum absolute atomic E-state index is 0.0737. The van der Waals surface area contributed by atoms with Crippen LogP contribution in [0.25, 0.3) is 0 Å². The van der Waals surface area contributed by atoms with Crippen molar-refractivity contribution in [2.75, 3.05) is 4.90 Å². The second-order valence-electron chi connectivity index (χ2n) is 8.89. The van der Waals surface area contributed by atoms with E-state index in [1.807, 2.05) is 20.8 Å². The molecule has 1 aromatic carbocycles. The van der Waals surface area contributed by atoms with Gasteiger partial charge in [0, 0.05) is 24.0 Å². The van der Waals surface area contributed by atoms with Crippen molar-refractivity contribution in [2.24, 2.45) is 23.7 Å². The summed E-state index contributed by atoms with van der Waals surface area (Å²) in [5, 5.41) is 11.6. The van der Waals surface area contributed by atoms with Crippen LogP contribution in [0.4, 0.5) is 11.4 Å². The van der Waals surface area contributed by atoms with Gasteiger partial charge in [-0.15, -0.1) is 0 Å². The van der Waals surface area contributed by atoms with Gasteiger partial charge >= 0.3 is 0 Å². The van der Waals surface area contributed by atoms with Crippen LogP contribution in [0.3, 0.4) is 0 Å². The maximum Gasteiger partial charge on any atom is 0.275 e. The lowest BCUT2D eigenvalue weighted by molar-refractivity contribution is -0.385. The standard InChI is InChI=1S/C20H22N2O5/c1-20(2,3)13-7-5-11(9-14(13)22(26)27)21-18(24)16-10-4-6-12(15(23)8-10)17(16)19(21)25/h5,7,9-10,12,16-17H,4,6,8H2,1-3H3/t10-,12+,16+,17-/m0/s1. The van der Waals surface area contributed by atoms with Gasteiger partial charge in [0.15, 0.2) is 0 Å². The predicted octanol–water partition coefficient (Wildman–Crippen LogP) is 3.00. The first-order chi connectivity index (χ1) is 12.6. The Morgan fingerprint density at radius 2 is 1.74 bits per heavy atom. The fourth-order valence-electron chi connectivity index (χ4n) is 5.08. The Morgan fingerprint density at radius 3 is 2.33 bits per heavy atom. The second-order valence-corrected chi connectivity index (χ2v) is 8.89. The molecule has 4 fully saturated rings. The summed E-state index contributed by atoms with van der Waals surface area (Å²) < 4.78 is 0. The third-order valence-electron chi connectivity index (χ3n) is 6.31. The number of amides is 2. The number of rotatable bonds is 2. The van der Waals surface area contributed by atoms with Gasteiger partial charge in [-0.1, -0.05) is 20.8 Å². The highest BCUT2D eigenvalue weighted by Gasteiger charge is 2.61. The van der Waals surface area contributed by atoms with E-state index < -0.39 is 22.2 Å². The zero-order valence-corrected chi connectivity index (χ0v) is 15.6.